The van der Waals surface area contributed by atoms with E-state index in [1.807, 2.05) is 24.3 Å². The minimum atomic E-state index is 0. The van der Waals surface area contributed by atoms with E-state index in [9.17, 15) is 0 Å². The second-order valence-corrected chi connectivity index (χ2v) is 4.84. The van der Waals surface area contributed by atoms with Crippen molar-refractivity contribution in [3.63, 3.8) is 0 Å². The number of phenols is 2. The largest absolute Gasteiger partial charge is 0.508 e. The average Bonchev–Trinajstić information content (AvgIpc) is 3.05. The lowest BCUT2D eigenvalue weighted by molar-refractivity contribution is 0.475. The molecule has 2 N–H and O–H groups in total. The number of aromatic hydroxyl groups is 2. The zero-order chi connectivity index (χ0) is 16.2. The van der Waals surface area contributed by atoms with Crippen molar-refractivity contribution in [2.45, 2.75) is 27.2 Å². The van der Waals surface area contributed by atoms with Crippen LogP contribution in [0.1, 0.15) is 33.0 Å². The van der Waals surface area contributed by atoms with E-state index in [-0.39, 0.29) is 7.43 Å². The second kappa shape index (κ2) is 11.9. The number of benzene rings is 2. The van der Waals surface area contributed by atoms with Gasteiger partial charge in [-0.05, 0) is 36.4 Å². The number of hydrogen-bond acceptors (Lipinski definition) is 3. The fourth-order valence-corrected chi connectivity index (χ4v) is 1.48. The lowest BCUT2D eigenvalue weighted by Crippen LogP contribution is -1.79. The molecule has 0 radical (unpaired) electrons. The summed E-state index contributed by atoms with van der Waals surface area (Å²) in [4.78, 5) is 0. The number of hydrogen-bond donors (Lipinski definition) is 2. The molecule has 0 bridgehead atoms. The van der Waals surface area contributed by atoms with Gasteiger partial charge in [-0.3, -0.25) is 0 Å². The first-order valence-corrected chi connectivity index (χ1v) is 7.11. The Kier molecular flexibility index (Phi) is 10.5. The average molecular weight is 314 g/mol. The van der Waals surface area contributed by atoms with Crippen molar-refractivity contribution in [2.24, 2.45) is 0 Å². The normalized spacial score (nSPS) is 8.83. The predicted octanol–water partition coefficient (Wildman–Crippen LogP) is 5.82. The lowest BCUT2D eigenvalue weighted by Gasteiger charge is -1.94. The Morgan fingerprint density at radius 1 is 0.696 bits per heavy atom. The molecule has 0 aliphatic rings. The van der Waals surface area contributed by atoms with E-state index < -0.39 is 0 Å². The van der Waals surface area contributed by atoms with E-state index in [1.54, 1.807) is 54.8 Å². The molecule has 0 amide bonds. The second-order valence-electron chi connectivity index (χ2n) is 4.84. The molecule has 0 fully saturated rings. The van der Waals surface area contributed by atoms with Crippen molar-refractivity contribution in [3.05, 3.63) is 84.8 Å². The van der Waals surface area contributed by atoms with Crippen LogP contribution in [0.25, 0.3) is 0 Å². The Morgan fingerprint density at radius 3 is 1.30 bits per heavy atom. The molecule has 1 heterocycles. The smallest absolute Gasteiger partial charge is 0.115 e. The Morgan fingerprint density at radius 2 is 1.13 bits per heavy atom. The fourth-order valence-electron chi connectivity index (χ4n) is 1.48. The van der Waals surface area contributed by atoms with Crippen LogP contribution in [0.4, 0.5) is 0 Å². The first-order valence-electron chi connectivity index (χ1n) is 7.11. The third-order valence-corrected chi connectivity index (χ3v) is 2.62. The van der Waals surface area contributed by atoms with Gasteiger partial charge in [0.25, 0.3) is 0 Å². The third-order valence-electron chi connectivity index (χ3n) is 2.62. The topological polar surface area (TPSA) is 53.6 Å². The SMILES string of the molecule is C.CC(C)c1ccco1.Oc1ccccc1.Oc1ccccc1. The first-order chi connectivity index (χ1) is 10.6. The summed E-state index contributed by atoms with van der Waals surface area (Å²) in [6, 6.07) is 21.3. The number of para-hydroxylation sites is 2. The standard InChI is InChI=1S/C7H10O.2C6H6O.CH4/c1-6(2)7-4-3-5-8-7;2*7-6-4-2-1-3-5-6;/h3-6H,1-2H3;2*1-5,7H;1H4. The van der Waals surface area contributed by atoms with Gasteiger partial charge in [0.05, 0.1) is 6.26 Å². The molecule has 3 nitrogen and oxygen atoms in total. The zero-order valence-corrected chi connectivity index (χ0v) is 12.9. The molecule has 3 aromatic rings. The molecule has 0 saturated heterocycles. The Labute approximate surface area is 138 Å². The Balaban J connectivity index is 0.000000310. The summed E-state index contributed by atoms with van der Waals surface area (Å²) in [5, 5.41) is 17.3. The van der Waals surface area contributed by atoms with Crippen molar-refractivity contribution in [1.82, 2.24) is 0 Å². The Bertz CT molecular complexity index is 550. The van der Waals surface area contributed by atoms with E-state index in [2.05, 4.69) is 13.8 Å². The van der Waals surface area contributed by atoms with E-state index >= 15 is 0 Å². The van der Waals surface area contributed by atoms with Gasteiger partial charge in [0.2, 0.25) is 0 Å². The van der Waals surface area contributed by atoms with Crippen LogP contribution < -0.4 is 0 Å². The van der Waals surface area contributed by atoms with Crippen molar-refractivity contribution in [1.29, 1.82) is 0 Å². The van der Waals surface area contributed by atoms with E-state index in [0.29, 0.717) is 17.4 Å². The highest BCUT2D eigenvalue weighted by atomic mass is 16.3. The van der Waals surface area contributed by atoms with Crippen LogP contribution in [0.2, 0.25) is 0 Å². The van der Waals surface area contributed by atoms with Gasteiger partial charge in [0.15, 0.2) is 0 Å². The third kappa shape index (κ3) is 9.80. The molecular weight excluding hydrogens is 288 g/mol. The summed E-state index contributed by atoms with van der Waals surface area (Å²) >= 11 is 0. The van der Waals surface area contributed by atoms with Crippen LogP contribution in [0.5, 0.6) is 11.5 Å². The quantitative estimate of drug-likeness (QED) is 0.594. The van der Waals surface area contributed by atoms with Crippen LogP contribution in [0, 0.1) is 0 Å². The van der Waals surface area contributed by atoms with Crippen molar-refractivity contribution in [3.8, 4) is 11.5 Å². The van der Waals surface area contributed by atoms with Gasteiger partial charge in [-0.1, -0.05) is 57.7 Å². The van der Waals surface area contributed by atoms with Gasteiger partial charge in [-0.2, -0.15) is 0 Å². The van der Waals surface area contributed by atoms with E-state index in [4.69, 9.17) is 14.6 Å². The maximum Gasteiger partial charge on any atom is 0.115 e. The molecule has 3 rings (SSSR count). The molecule has 3 heteroatoms. The van der Waals surface area contributed by atoms with Crippen LogP contribution >= 0.6 is 0 Å². The summed E-state index contributed by atoms with van der Waals surface area (Å²) in [6.45, 7) is 4.22. The molecule has 0 aliphatic heterocycles. The molecule has 0 atom stereocenters. The number of rotatable bonds is 1. The van der Waals surface area contributed by atoms with Gasteiger partial charge in [0.1, 0.15) is 17.3 Å². The van der Waals surface area contributed by atoms with Crippen molar-refractivity contribution in [2.75, 3.05) is 0 Å². The van der Waals surface area contributed by atoms with E-state index in [1.165, 1.54) is 0 Å². The van der Waals surface area contributed by atoms with Crippen molar-refractivity contribution >= 4 is 0 Å². The van der Waals surface area contributed by atoms with Crippen LogP contribution in [0.15, 0.2) is 83.5 Å². The highest BCUT2D eigenvalue weighted by molar-refractivity contribution is 5.19. The summed E-state index contributed by atoms with van der Waals surface area (Å²) in [5.41, 5.74) is 0. The molecule has 23 heavy (non-hydrogen) atoms. The maximum atomic E-state index is 8.63. The molecule has 0 unspecified atom stereocenters. The van der Waals surface area contributed by atoms with Crippen molar-refractivity contribution < 1.29 is 14.6 Å². The van der Waals surface area contributed by atoms with Crippen LogP contribution in [0.3, 0.4) is 0 Å². The fraction of sp³-hybridized carbons (Fsp3) is 0.200. The highest BCUT2D eigenvalue weighted by Gasteiger charge is 1.97. The van der Waals surface area contributed by atoms with E-state index in [0.717, 1.165) is 5.76 Å². The summed E-state index contributed by atoms with van der Waals surface area (Å²) < 4.78 is 5.09. The summed E-state index contributed by atoms with van der Waals surface area (Å²) in [7, 11) is 0. The van der Waals surface area contributed by atoms with Gasteiger partial charge >= 0.3 is 0 Å². The number of phenolic OH excluding ortho intramolecular Hbond substituents is 2. The minimum Gasteiger partial charge on any atom is -0.508 e. The van der Waals surface area contributed by atoms with Crippen LogP contribution in [-0.4, -0.2) is 10.2 Å². The van der Waals surface area contributed by atoms with Gasteiger partial charge in [-0.25, -0.2) is 0 Å². The van der Waals surface area contributed by atoms with Gasteiger partial charge in [-0.15, -0.1) is 0 Å². The zero-order valence-electron chi connectivity index (χ0n) is 12.9. The van der Waals surface area contributed by atoms with Crippen LogP contribution in [-0.2, 0) is 0 Å². The number of furan rings is 1. The molecule has 2 aromatic carbocycles. The maximum absolute atomic E-state index is 8.63. The molecule has 124 valence electrons. The summed E-state index contributed by atoms with van der Waals surface area (Å²) in [5.74, 6) is 2.22. The molecule has 1 aromatic heterocycles. The molecule has 0 aliphatic carbocycles. The highest BCUT2D eigenvalue weighted by Crippen LogP contribution is 2.12. The summed E-state index contributed by atoms with van der Waals surface area (Å²) in [6.07, 6.45) is 1.70. The molecule has 0 saturated carbocycles. The lowest BCUT2D eigenvalue weighted by atomic mass is 10.2. The van der Waals surface area contributed by atoms with Gasteiger partial charge in [0, 0.05) is 5.92 Å². The monoisotopic (exact) mass is 314 g/mol. The predicted molar refractivity (Wildman–Crippen MR) is 95.7 cm³/mol. The minimum absolute atomic E-state index is 0. The Hall–Kier alpha value is -2.68. The van der Waals surface area contributed by atoms with Gasteiger partial charge < -0.3 is 14.6 Å². The molecule has 0 spiro atoms. The molecular formula is C20H26O3. The first kappa shape index (κ1) is 20.3.